The summed E-state index contributed by atoms with van der Waals surface area (Å²) in [5, 5.41) is 14.9. The van der Waals surface area contributed by atoms with E-state index in [2.05, 4.69) is 10.6 Å². The molecule has 2 N–H and O–H groups in total. The summed E-state index contributed by atoms with van der Waals surface area (Å²) in [6.45, 7) is 0.551. The second-order valence-electron chi connectivity index (χ2n) is 5.71. The van der Waals surface area contributed by atoms with E-state index in [0.717, 1.165) is 11.3 Å². The van der Waals surface area contributed by atoms with Crippen LogP contribution >= 0.6 is 0 Å². The molecule has 2 aromatic rings. The molecule has 1 amide bonds. The van der Waals surface area contributed by atoms with Crippen LogP contribution in [0.15, 0.2) is 54.2 Å². The molecule has 0 aliphatic rings. The fourth-order valence-electron chi connectivity index (χ4n) is 2.55. The van der Waals surface area contributed by atoms with E-state index in [1.807, 2.05) is 30.3 Å². The average Bonchev–Trinajstić information content (AvgIpc) is 2.73. The zero-order chi connectivity index (χ0) is 20.4. The molecule has 0 saturated carbocycles. The van der Waals surface area contributed by atoms with Crippen LogP contribution < -0.4 is 24.8 Å². The minimum absolute atomic E-state index is 0.0326. The molecule has 0 radical (unpaired) electrons. The van der Waals surface area contributed by atoms with E-state index in [4.69, 9.17) is 14.2 Å². The van der Waals surface area contributed by atoms with Crippen LogP contribution in [0.25, 0.3) is 0 Å². The Morgan fingerprint density at radius 3 is 2.43 bits per heavy atom. The highest BCUT2D eigenvalue weighted by Gasteiger charge is 2.11. The Bertz CT molecular complexity index is 887. The van der Waals surface area contributed by atoms with Gasteiger partial charge in [0.05, 0.1) is 21.3 Å². The number of methoxy groups -OCH3 is 3. The molecular weight excluding hydrogens is 358 g/mol. The average molecular weight is 381 g/mol. The Kier molecular flexibility index (Phi) is 7.73. The van der Waals surface area contributed by atoms with E-state index in [0.29, 0.717) is 30.2 Å². The molecule has 0 heterocycles. The van der Waals surface area contributed by atoms with Crippen molar-refractivity contribution in [2.75, 3.05) is 33.2 Å². The van der Waals surface area contributed by atoms with E-state index in [-0.39, 0.29) is 5.57 Å². The standard InChI is InChI=1S/C21H23N3O4/c1-26-18-7-5-4-6-15(18)10-11-23-14-16(13-22)21(25)24-17-8-9-19(27-2)20(12-17)28-3/h4-9,12,14,23H,10-11H2,1-3H3,(H,24,25)/b16-14-. The first-order chi connectivity index (χ1) is 13.6. The van der Waals surface area contributed by atoms with Crippen molar-refractivity contribution >= 4 is 11.6 Å². The summed E-state index contributed by atoms with van der Waals surface area (Å²) >= 11 is 0. The van der Waals surface area contributed by atoms with Gasteiger partial charge >= 0.3 is 0 Å². The van der Waals surface area contributed by atoms with Crippen LogP contribution in [0.3, 0.4) is 0 Å². The van der Waals surface area contributed by atoms with Gasteiger partial charge in [0, 0.05) is 24.5 Å². The predicted octanol–water partition coefficient (Wildman–Crippen LogP) is 2.89. The fourth-order valence-corrected chi connectivity index (χ4v) is 2.55. The minimum atomic E-state index is -0.514. The Morgan fingerprint density at radius 2 is 1.75 bits per heavy atom. The fraction of sp³-hybridized carbons (Fsp3) is 0.238. The Hall–Kier alpha value is -3.66. The van der Waals surface area contributed by atoms with Gasteiger partial charge < -0.3 is 24.8 Å². The number of para-hydroxylation sites is 1. The lowest BCUT2D eigenvalue weighted by Crippen LogP contribution is -2.18. The van der Waals surface area contributed by atoms with E-state index in [1.165, 1.54) is 20.4 Å². The third kappa shape index (κ3) is 5.42. The van der Waals surface area contributed by atoms with Gasteiger partial charge in [0.2, 0.25) is 0 Å². The summed E-state index contributed by atoms with van der Waals surface area (Å²) in [5.41, 5.74) is 1.51. The van der Waals surface area contributed by atoms with Crippen LogP contribution in [-0.4, -0.2) is 33.8 Å². The number of carbonyl (C=O) groups excluding carboxylic acids is 1. The molecule has 0 aliphatic heterocycles. The second kappa shape index (κ2) is 10.5. The molecule has 0 unspecified atom stereocenters. The zero-order valence-electron chi connectivity index (χ0n) is 16.1. The van der Waals surface area contributed by atoms with Crippen molar-refractivity contribution in [1.82, 2.24) is 5.32 Å². The van der Waals surface area contributed by atoms with Gasteiger partial charge in [0.1, 0.15) is 17.4 Å². The zero-order valence-corrected chi connectivity index (χ0v) is 16.1. The number of carbonyl (C=O) groups is 1. The summed E-state index contributed by atoms with van der Waals surface area (Å²) in [5.74, 6) is 1.33. The lowest BCUT2D eigenvalue weighted by molar-refractivity contribution is -0.112. The first-order valence-corrected chi connectivity index (χ1v) is 8.61. The Morgan fingerprint density at radius 1 is 1.04 bits per heavy atom. The lowest BCUT2D eigenvalue weighted by Gasteiger charge is -2.10. The number of amides is 1. The molecule has 0 fully saturated rings. The highest BCUT2D eigenvalue weighted by molar-refractivity contribution is 6.06. The van der Waals surface area contributed by atoms with Crippen molar-refractivity contribution in [1.29, 1.82) is 5.26 Å². The quantitative estimate of drug-likeness (QED) is 0.394. The molecule has 28 heavy (non-hydrogen) atoms. The summed E-state index contributed by atoms with van der Waals surface area (Å²) in [6, 6.07) is 14.6. The van der Waals surface area contributed by atoms with Crippen LogP contribution in [0.5, 0.6) is 17.2 Å². The SMILES string of the molecule is COc1ccccc1CCN/C=C(/C#N)C(=O)Nc1ccc(OC)c(OC)c1. The van der Waals surface area contributed by atoms with Gasteiger partial charge in [-0.15, -0.1) is 0 Å². The van der Waals surface area contributed by atoms with Crippen molar-refractivity contribution in [3.8, 4) is 23.3 Å². The van der Waals surface area contributed by atoms with Gasteiger partial charge in [0.25, 0.3) is 5.91 Å². The number of ether oxygens (including phenoxy) is 3. The van der Waals surface area contributed by atoms with E-state index >= 15 is 0 Å². The summed E-state index contributed by atoms with van der Waals surface area (Å²) in [6.07, 6.45) is 2.10. The number of hydrogen-bond acceptors (Lipinski definition) is 6. The van der Waals surface area contributed by atoms with Gasteiger partial charge in [-0.1, -0.05) is 18.2 Å². The van der Waals surface area contributed by atoms with Crippen LogP contribution in [0, 0.1) is 11.3 Å². The third-order valence-electron chi connectivity index (χ3n) is 3.98. The molecule has 2 aromatic carbocycles. The molecule has 0 aromatic heterocycles. The lowest BCUT2D eigenvalue weighted by atomic mass is 10.1. The number of anilines is 1. The van der Waals surface area contributed by atoms with Crippen molar-refractivity contribution < 1.29 is 19.0 Å². The summed E-state index contributed by atoms with van der Waals surface area (Å²) in [7, 11) is 4.66. The van der Waals surface area contributed by atoms with Gasteiger partial charge in [-0.25, -0.2) is 0 Å². The molecule has 0 saturated heterocycles. The number of benzene rings is 2. The van der Waals surface area contributed by atoms with Gasteiger partial charge in [-0.05, 0) is 30.2 Å². The molecule has 7 nitrogen and oxygen atoms in total. The van der Waals surface area contributed by atoms with Gasteiger partial charge in [-0.3, -0.25) is 4.79 Å². The highest BCUT2D eigenvalue weighted by Crippen LogP contribution is 2.29. The van der Waals surface area contributed by atoms with Crippen LogP contribution in [0.2, 0.25) is 0 Å². The molecule has 2 rings (SSSR count). The maximum absolute atomic E-state index is 12.3. The number of rotatable bonds is 9. The first kappa shape index (κ1) is 20.6. The molecule has 0 atom stereocenters. The van der Waals surface area contributed by atoms with E-state index < -0.39 is 5.91 Å². The van der Waals surface area contributed by atoms with E-state index in [1.54, 1.807) is 25.3 Å². The predicted molar refractivity (Wildman–Crippen MR) is 107 cm³/mol. The Balaban J connectivity index is 1.96. The van der Waals surface area contributed by atoms with Gasteiger partial charge in [-0.2, -0.15) is 5.26 Å². The van der Waals surface area contributed by atoms with Crippen LogP contribution in [-0.2, 0) is 11.2 Å². The molecule has 146 valence electrons. The summed E-state index contributed by atoms with van der Waals surface area (Å²) < 4.78 is 15.7. The molecular formula is C21H23N3O4. The van der Waals surface area contributed by atoms with Crippen molar-refractivity contribution in [2.45, 2.75) is 6.42 Å². The molecule has 0 bridgehead atoms. The molecule has 7 heteroatoms. The topological polar surface area (TPSA) is 92.6 Å². The van der Waals surface area contributed by atoms with Gasteiger partial charge in [0.15, 0.2) is 11.5 Å². The second-order valence-corrected chi connectivity index (χ2v) is 5.71. The van der Waals surface area contributed by atoms with Crippen molar-refractivity contribution in [3.63, 3.8) is 0 Å². The minimum Gasteiger partial charge on any atom is -0.496 e. The number of nitriles is 1. The maximum atomic E-state index is 12.3. The number of nitrogens with one attached hydrogen (secondary N) is 2. The maximum Gasteiger partial charge on any atom is 0.267 e. The number of hydrogen-bond donors (Lipinski definition) is 2. The number of nitrogens with zero attached hydrogens (tertiary/aromatic N) is 1. The normalized spacial score (nSPS) is 10.6. The van der Waals surface area contributed by atoms with Crippen molar-refractivity contribution in [3.05, 3.63) is 59.8 Å². The monoisotopic (exact) mass is 381 g/mol. The third-order valence-corrected chi connectivity index (χ3v) is 3.98. The smallest absolute Gasteiger partial charge is 0.267 e. The van der Waals surface area contributed by atoms with Crippen molar-refractivity contribution in [2.24, 2.45) is 0 Å². The van der Waals surface area contributed by atoms with Crippen LogP contribution in [0.4, 0.5) is 5.69 Å². The summed E-state index contributed by atoms with van der Waals surface area (Å²) in [4.78, 5) is 12.3. The first-order valence-electron chi connectivity index (χ1n) is 8.61. The molecule has 0 spiro atoms. The molecule has 0 aliphatic carbocycles. The van der Waals surface area contributed by atoms with E-state index in [9.17, 15) is 10.1 Å². The largest absolute Gasteiger partial charge is 0.496 e. The Labute approximate surface area is 164 Å². The van der Waals surface area contributed by atoms with Crippen LogP contribution in [0.1, 0.15) is 5.56 Å². The highest BCUT2D eigenvalue weighted by atomic mass is 16.5.